The van der Waals surface area contributed by atoms with Crippen LogP contribution in [0.3, 0.4) is 0 Å². The van der Waals surface area contributed by atoms with Gasteiger partial charge in [0, 0.05) is 12.1 Å². The van der Waals surface area contributed by atoms with E-state index in [0.29, 0.717) is 24.6 Å². The maximum atomic E-state index is 12.9. The largest absolute Gasteiger partial charge is 0.307 e. The van der Waals surface area contributed by atoms with E-state index < -0.39 is 10.0 Å². The number of benzene rings is 1. The van der Waals surface area contributed by atoms with Crippen LogP contribution in [0, 0.1) is 0 Å². The first kappa shape index (κ1) is 16.5. The second-order valence-electron chi connectivity index (χ2n) is 7.25. The van der Waals surface area contributed by atoms with Crippen LogP contribution in [0.1, 0.15) is 44.0 Å². The summed E-state index contributed by atoms with van der Waals surface area (Å²) in [6.45, 7) is 6.94. The minimum Gasteiger partial charge on any atom is -0.307 e. The minimum atomic E-state index is -3.64. The van der Waals surface area contributed by atoms with E-state index in [1.54, 1.807) is 17.0 Å². The molecule has 25 heavy (non-hydrogen) atoms. The van der Waals surface area contributed by atoms with Crippen molar-refractivity contribution in [1.82, 2.24) is 9.62 Å². The third-order valence-electron chi connectivity index (χ3n) is 5.11. The van der Waals surface area contributed by atoms with Gasteiger partial charge in [-0.3, -0.25) is 14.7 Å². The molecule has 1 atom stereocenters. The van der Waals surface area contributed by atoms with Crippen LogP contribution in [0.5, 0.6) is 0 Å². The SMILES string of the molecule is CCN1C(=O)c2cc(S(=O)(=O)NC3(C)CC3)ccc2N2C1=NC[C@H]2C. The van der Waals surface area contributed by atoms with Gasteiger partial charge in [-0.25, -0.2) is 13.1 Å². The Labute approximate surface area is 147 Å². The molecule has 4 rings (SSSR count). The quantitative estimate of drug-likeness (QED) is 0.881. The van der Waals surface area contributed by atoms with E-state index >= 15 is 0 Å². The van der Waals surface area contributed by atoms with Crippen molar-refractivity contribution in [2.24, 2.45) is 4.99 Å². The molecule has 0 aromatic heterocycles. The number of guanidine groups is 1. The third kappa shape index (κ3) is 2.55. The third-order valence-corrected chi connectivity index (χ3v) is 6.74. The monoisotopic (exact) mass is 362 g/mol. The van der Waals surface area contributed by atoms with E-state index in [0.717, 1.165) is 18.5 Å². The molecule has 8 heteroatoms. The van der Waals surface area contributed by atoms with E-state index in [-0.39, 0.29) is 22.4 Å². The highest BCUT2D eigenvalue weighted by Gasteiger charge is 2.43. The Kier molecular flexibility index (Phi) is 3.49. The predicted octanol–water partition coefficient (Wildman–Crippen LogP) is 1.56. The lowest BCUT2D eigenvalue weighted by molar-refractivity contribution is 0.0846. The number of fused-ring (bicyclic) bond motifs is 3. The van der Waals surface area contributed by atoms with Gasteiger partial charge in [0.15, 0.2) is 0 Å². The molecule has 0 unspecified atom stereocenters. The van der Waals surface area contributed by atoms with Gasteiger partial charge in [-0.15, -0.1) is 0 Å². The van der Waals surface area contributed by atoms with Crippen LogP contribution < -0.4 is 9.62 Å². The van der Waals surface area contributed by atoms with Crippen molar-refractivity contribution in [3.63, 3.8) is 0 Å². The number of nitrogens with zero attached hydrogens (tertiary/aromatic N) is 3. The average Bonchev–Trinajstić information content (AvgIpc) is 3.15. The molecule has 0 saturated heterocycles. The molecule has 1 saturated carbocycles. The average molecular weight is 362 g/mol. The zero-order chi connectivity index (χ0) is 18.0. The van der Waals surface area contributed by atoms with Gasteiger partial charge in [-0.05, 0) is 51.8 Å². The normalized spacial score (nSPS) is 24.0. The van der Waals surface area contributed by atoms with Crippen LogP contribution in [0.15, 0.2) is 28.1 Å². The summed E-state index contributed by atoms with van der Waals surface area (Å²) in [6.07, 6.45) is 1.68. The standard InChI is InChI=1S/C17H22N4O3S/c1-4-20-15(22)13-9-12(25(23,24)19-17(3)7-8-17)5-6-14(13)21-11(2)10-18-16(20)21/h5-6,9,11,19H,4,7-8,10H2,1-3H3/t11-/m1/s1. The fourth-order valence-electron chi connectivity index (χ4n) is 3.39. The van der Waals surface area contributed by atoms with Crippen molar-refractivity contribution in [2.45, 2.75) is 50.1 Å². The summed E-state index contributed by atoms with van der Waals surface area (Å²) in [5.41, 5.74) is 0.797. The maximum Gasteiger partial charge on any atom is 0.262 e. The molecule has 134 valence electrons. The number of anilines is 1. The van der Waals surface area contributed by atoms with E-state index in [4.69, 9.17) is 0 Å². The summed E-state index contributed by atoms with van der Waals surface area (Å²) in [4.78, 5) is 21.1. The fourth-order valence-corrected chi connectivity index (χ4v) is 4.88. The number of amides is 1. The molecule has 2 heterocycles. The molecule has 1 aromatic carbocycles. The van der Waals surface area contributed by atoms with Gasteiger partial charge in [0.25, 0.3) is 5.91 Å². The Hall–Kier alpha value is -1.93. The van der Waals surface area contributed by atoms with Crippen LogP contribution in [0.4, 0.5) is 5.69 Å². The molecule has 7 nitrogen and oxygen atoms in total. The minimum absolute atomic E-state index is 0.135. The van der Waals surface area contributed by atoms with Crippen molar-refractivity contribution in [1.29, 1.82) is 0 Å². The van der Waals surface area contributed by atoms with E-state index in [9.17, 15) is 13.2 Å². The van der Waals surface area contributed by atoms with Gasteiger partial charge in [0.05, 0.1) is 28.7 Å². The van der Waals surface area contributed by atoms with Crippen LogP contribution in [-0.4, -0.2) is 49.9 Å². The van der Waals surface area contributed by atoms with Crippen LogP contribution in [-0.2, 0) is 10.0 Å². The number of carbonyl (C=O) groups is 1. The molecule has 1 aromatic rings. The van der Waals surface area contributed by atoms with E-state index in [1.807, 2.05) is 25.7 Å². The van der Waals surface area contributed by atoms with Gasteiger partial charge in [0.1, 0.15) is 0 Å². The summed E-state index contributed by atoms with van der Waals surface area (Å²) in [6, 6.07) is 4.93. The summed E-state index contributed by atoms with van der Waals surface area (Å²) in [7, 11) is -3.64. The molecule has 1 aliphatic carbocycles. The zero-order valence-electron chi connectivity index (χ0n) is 14.6. The maximum absolute atomic E-state index is 12.9. The van der Waals surface area contributed by atoms with Crippen LogP contribution in [0.2, 0.25) is 0 Å². The number of rotatable bonds is 4. The topological polar surface area (TPSA) is 82.1 Å². The number of hydrogen-bond donors (Lipinski definition) is 1. The number of aliphatic imine (C=N–C) groups is 1. The zero-order valence-corrected chi connectivity index (χ0v) is 15.4. The summed E-state index contributed by atoms with van der Waals surface area (Å²) < 4.78 is 28.0. The predicted molar refractivity (Wildman–Crippen MR) is 95.4 cm³/mol. The van der Waals surface area contributed by atoms with E-state index in [1.165, 1.54) is 6.07 Å². The van der Waals surface area contributed by atoms with Gasteiger partial charge in [-0.2, -0.15) is 0 Å². The summed E-state index contributed by atoms with van der Waals surface area (Å²) >= 11 is 0. The van der Waals surface area contributed by atoms with Crippen LogP contribution >= 0.6 is 0 Å². The summed E-state index contributed by atoms with van der Waals surface area (Å²) in [5, 5.41) is 0. The van der Waals surface area contributed by atoms with Gasteiger partial charge in [0.2, 0.25) is 16.0 Å². The molecular weight excluding hydrogens is 340 g/mol. The number of sulfonamides is 1. The number of carbonyl (C=O) groups excluding carboxylic acids is 1. The number of nitrogens with one attached hydrogen (secondary N) is 1. The molecule has 1 amide bonds. The Balaban J connectivity index is 1.79. The van der Waals surface area contributed by atoms with E-state index in [2.05, 4.69) is 9.71 Å². The van der Waals surface area contributed by atoms with Gasteiger partial charge in [-0.1, -0.05) is 0 Å². The fraction of sp³-hybridized carbons (Fsp3) is 0.529. The van der Waals surface area contributed by atoms with Gasteiger partial charge >= 0.3 is 0 Å². The van der Waals surface area contributed by atoms with Crippen molar-refractivity contribution in [2.75, 3.05) is 18.0 Å². The van der Waals surface area contributed by atoms with Crippen molar-refractivity contribution in [3.05, 3.63) is 23.8 Å². The first-order valence-electron chi connectivity index (χ1n) is 8.59. The van der Waals surface area contributed by atoms with Crippen molar-refractivity contribution < 1.29 is 13.2 Å². The Morgan fingerprint density at radius 1 is 1.36 bits per heavy atom. The highest BCUT2D eigenvalue weighted by molar-refractivity contribution is 7.89. The smallest absolute Gasteiger partial charge is 0.262 e. The molecule has 1 fully saturated rings. The lowest BCUT2D eigenvalue weighted by atomic mass is 10.1. The van der Waals surface area contributed by atoms with Gasteiger partial charge < -0.3 is 4.90 Å². The first-order chi connectivity index (χ1) is 11.8. The molecule has 0 radical (unpaired) electrons. The lowest BCUT2D eigenvalue weighted by Crippen LogP contribution is -2.52. The van der Waals surface area contributed by atoms with Crippen molar-refractivity contribution in [3.8, 4) is 0 Å². The lowest BCUT2D eigenvalue weighted by Gasteiger charge is -2.37. The van der Waals surface area contributed by atoms with Crippen molar-refractivity contribution >= 4 is 27.6 Å². The molecular formula is C17H22N4O3S. The molecule has 0 bridgehead atoms. The molecule has 1 N–H and O–H groups in total. The Morgan fingerprint density at radius 3 is 2.72 bits per heavy atom. The summed E-state index contributed by atoms with van der Waals surface area (Å²) in [5.74, 6) is 0.461. The first-order valence-corrected chi connectivity index (χ1v) is 10.1. The van der Waals surface area contributed by atoms with Crippen LogP contribution in [0.25, 0.3) is 0 Å². The molecule has 2 aliphatic heterocycles. The molecule has 0 spiro atoms. The Morgan fingerprint density at radius 2 is 2.08 bits per heavy atom. The molecule has 3 aliphatic rings. The second kappa shape index (κ2) is 5.28. The highest BCUT2D eigenvalue weighted by Crippen LogP contribution is 2.37. The number of hydrogen-bond acceptors (Lipinski definition) is 5. The highest BCUT2D eigenvalue weighted by atomic mass is 32.2. The second-order valence-corrected chi connectivity index (χ2v) is 8.94. The Bertz CT molecular complexity index is 889.